The van der Waals surface area contributed by atoms with Gasteiger partial charge in [0.15, 0.2) is 0 Å². The number of piperidine rings is 1. The highest BCUT2D eigenvalue weighted by Gasteiger charge is 2.35. The van der Waals surface area contributed by atoms with Crippen molar-refractivity contribution in [2.24, 2.45) is 0 Å². The minimum atomic E-state index is -3.74. The van der Waals surface area contributed by atoms with E-state index < -0.39 is 10.0 Å². The molecule has 1 fully saturated rings. The van der Waals surface area contributed by atoms with Gasteiger partial charge in [0.1, 0.15) is 0 Å². The summed E-state index contributed by atoms with van der Waals surface area (Å²) >= 11 is 3.46. The lowest BCUT2D eigenvalue weighted by Gasteiger charge is -2.30. The van der Waals surface area contributed by atoms with Gasteiger partial charge in [-0.2, -0.15) is 4.31 Å². The van der Waals surface area contributed by atoms with Crippen LogP contribution in [0.3, 0.4) is 0 Å². The van der Waals surface area contributed by atoms with E-state index in [2.05, 4.69) is 26.1 Å². The fourth-order valence-corrected chi connectivity index (χ4v) is 7.27. The van der Waals surface area contributed by atoms with Crippen LogP contribution in [-0.4, -0.2) is 48.5 Å². The maximum Gasteiger partial charge on any atom is 0.247 e. The van der Waals surface area contributed by atoms with Gasteiger partial charge in [0, 0.05) is 47.7 Å². The topological polar surface area (TPSA) is 96.6 Å². The lowest BCUT2D eigenvalue weighted by atomic mass is 9.98. The molecular weight excluding hydrogens is 532 g/mol. The third-order valence-electron chi connectivity index (χ3n) is 6.79. The summed E-state index contributed by atoms with van der Waals surface area (Å²) in [7, 11) is -3.74. The summed E-state index contributed by atoms with van der Waals surface area (Å²) in [5, 5.41) is 8.43. The highest BCUT2D eigenvalue weighted by Crippen LogP contribution is 2.38. The first kappa shape index (κ1) is 24.1. The third-order valence-corrected chi connectivity index (χ3v) is 9.65. The summed E-state index contributed by atoms with van der Waals surface area (Å²) in [6.45, 7) is 5.13. The van der Waals surface area contributed by atoms with E-state index in [1.807, 2.05) is 44.2 Å². The molecule has 0 saturated carbocycles. The molecule has 0 spiro atoms. The van der Waals surface area contributed by atoms with Crippen molar-refractivity contribution in [2.75, 3.05) is 24.5 Å². The predicted octanol–water partition coefficient (Wildman–Crippen LogP) is 4.67. The summed E-state index contributed by atoms with van der Waals surface area (Å²) in [6.07, 6.45) is 2.29. The van der Waals surface area contributed by atoms with E-state index in [9.17, 15) is 13.2 Å². The van der Waals surface area contributed by atoms with E-state index >= 15 is 0 Å². The number of carbonyl (C=O) groups excluding carboxylic acids is 1. The van der Waals surface area contributed by atoms with Crippen LogP contribution in [0.5, 0.6) is 0 Å². The number of sulfonamides is 1. The molecule has 0 bridgehead atoms. The van der Waals surface area contributed by atoms with Crippen LogP contribution < -0.4 is 4.90 Å². The highest BCUT2D eigenvalue weighted by molar-refractivity contribution is 9.10. The van der Waals surface area contributed by atoms with Crippen molar-refractivity contribution in [3.63, 3.8) is 0 Å². The number of nitrogens with zero attached hydrogens (tertiary/aromatic N) is 4. The first-order chi connectivity index (χ1) is 16.8. The van der Waals surface area contributed by atoms with Crippen molar-refractivity contribution in [1.29, 1.82) is 0 Å². The van der Waals surface area contributed by atoms with E-state index in [0.29, 0.717) is 60.8 Å². The maximum absolute atomic E-state index is 13.6. The Morgan fingerprint density at radius 3 is 2.51 bits per heavy atom. The van der Waals surface area contributed by atoms with Crippen molar-refractivity contribution < 1.29 is 17.6 Å². The molecule has 3 heterocycles. The van der Waals surface area contributed by atoms with Crippen molar-refractivity contribution >= 4 is 37.5 Å². The maximum atomic E-state index is 13.6. The number of rotatable bonds is 5. The van der Waals surface area contributed by atoms with Gasteiger partial charge in [0.2, 0.25) is 27.7 Å². The van der Waals surface area contributed by atoms with Gasteiger partial charge >= 0.3 is 0 Å². The van der Waals surface area contributed by atoms with E-state index in [0.717, 1.165) is 23.1 Å². The molecule has 2 aliphatic heterocycles. The quantitative estimate of drug-likeness (QED) is 0.451. The third kappa shape index (κ3) is 4.54. The molecule has 35 heavy (non-hydrogen) atoms. The molecule has 1 amide bonds. The Kier molecular flexibility index (Phi) is 6.54. The van der Waals surface area contributed by atoms with Gasteiger partial charge in [0.25, 0.3) is 0 Å². The smallest absolute Gasteiger partial charge is 0.247 e. The van der Waals surface area contributed by atoms with Crippen molar-refractivity contribution in [2.45, 2.75) is 50.3 Å². The summed E-state index contributed by atoms with van der Waals surface area (Å²) in [5.41, 5.74) is 3.70. The van der Waals surface area contributed by atoms with Gasteiger partial charge < -0.3 is 9.32 Å². The zero-order chi connectivity index (χ0) is 24.7. The zero-order valence-corrected chi connectivity index (χ0v) is 22.1. The minimum absolute atomic E-state index is 0.000186. The second kappa shape index (κ2) is 9.48. The number of anilines is 1. The Morgan fingerprint density at radius 1 is 1.11 bits per heavy atom. The molecule has 0 N–H and O–H groups in total. The zero-order valence-electron chi connectivity index (χ0n) is 19.7. The van der Waals surface area contributed by atoms with Gasteiger partial charge in [-0.3, -0.25) is 4.79 Å². The lowest BCUT2D eigenvalue weighted by Crippen LogP contribution is -2.38. The fourth-order valence-electron chi connectivity index (χ4n) is 4.73. The molecule has 0 radical (unpaired) electrons. The molecule has 3 aromatic rings. The van der Waals surface area contributed by atoms with Gasteiger partial charge in [-0.15, -0.1) is 10.2 Å². The number of halogens is 1. The molecule has 184 valence electrons. The minimum Gasteiger partial charge on any atom is -0.420 e. The summed E-state index contributed by atoms with van der Waals surface area (Å²) in [4.78, 5) is 14.2. The molecule has 1 aromatic heterocycles. The molecule has 0 unspecified atom stereocenters. The van der Waals surface area contributed by atoms with Gasteiger partial charge in [-0.05, 0) is 71.9 Å². The van der Waals surface area contributed by atoms with Crippen LogP contribution >= 0.6 is 15.9 Å². The predicted molar refractivity (Wildman–Crippen MR) is 136 cm³/mol. The Balaban J connectivity index is 1.32. The molecular formula is C25H27BrN4O4S. The highest BCUT2D eigenvalue weighted by atomic mass is 79.9. The van der Waals surface area contributed by atoms with Gasteiger partial charge in [0.05, 0.1) is 4.90 Å². The fraction of sp³-hybridized carbons (Fsp3) is 0.400. The molecule has 2 aliphatic rings. The standard InChI is InChI=1S/C25H27BrN4O4S/c1-3-23(31)30-13-10-19-14-20(26)22(15-21(19)30)35(32,33)29-11-8-18(9-12-29)25-28-27-24(34-25)17-6-4-16(2)5-7-17/h4-7,14-15,18H,3,8-13H2,1-2H3. The van der Waals surface area contributed by atoms with Crippen LogP contribution in [-0.2, 0) is 21.2 Å². The number of amides is 1. The van der Waals surface area contributed by atoms with E-state index in [4.69, 9.17) is 4.42 Å². The largest absolute Gasteiger partial charge is 0.420 e. The van der Waals surface area contributed by atoms with Gasteiger partial charge in [-0.25, -0.2) is 8.42 Å². The van der Waals surface area contributed by atoms with E-state index in [-0.39, 0.29) is 16.7 Å². The van der Waals surface area contributed by atoms with Crippen LogP contribution in [0.25, 0.3) is 11.5 Å². The average Bonchev–Trinajstić information content (AvgIpc) is 3.51. The normalized spacial score (nSPS) is 17.1. The number of hydrogen-bond acceptors (Lipinski definition) is 6. The number of hydrogen-bond donors (Lipinski definition) is 0. The average molecular weight is 559 g/mol. The Hall–Kier alpha value is -2.56. The van der Waals surface area contributed by atoms with Crippen LogP contribution in [0.1, 0.15) is 49.1 Å². The number of benzene rings is 2. The molecule has 8 nitrogen and oxygen atoms in total. The molecule has 10 heteroatoms. The first-order valence-electron chi connectivity index (χ1n) is 11.8. The lowest BCUT2D eigenvalue weighted by molar-refractivity contribution is -0.118. The number of fused-ring (bicyclic) bond motifs is 1. The van der Waals surface area contributed by atoms with Gasteiger partial charge in [-0.1, -0.05) is 24.6 Å². The molecule has 0 atom stereocenters. The Morgan fingerprint density at radius 2 is 1.83 bits per heavy atom. The van der Waals surface area contributed by atoms with E-state index in [1.165, 1.54) is 4.31 Å². The monoisotopic (exact) mass is 558 g/mol. The van der Waals surface area contributed by atoms with Crippen molar-refractivity contribution in [1.82, 2.24) is 14.5 Å². The summed E-state index contributed by atoms with van der Waals surface area (Å²) in [5.74, 6) is 1.03. The number of aryl methyl sites for hydroxylation is 1. The SMILES string of the molecule is CCC(=O)N1CCc2cc(Br)c(S(=O)(=O)N3CCC(c4nnc(-c5ccc(C)cc5)o4)CC3)cc21. The molecule has 0 aliphatic carbocycles. The van der Waals surface area contributed by atoms with E-state index in [1.54, 1.807) is 11.0 Å². The molecule has 2 aromatic carbocycles. The van der Waals surface area contributed by atoms with Crippen LogP contribution in [0, 0.1) is 6.92 Å². The Labute approximate surface area is 213 Å². The number of carbonyl (C=O) groups is 1. The molecule has 1 saturated heterocycles. The van der Waals surface area contributed by atoms with Crippen LogP contribution in [0.15, 0.2) is 50.2 Å². The first-order valence-corrected chi connectivity index (χ1v) is 14.0. The molecule has 5 rings (SSSR count). The second-order valence-electron chi connectivity index (χ2n) is 9.05. The van der Waals surface area contributed by atoms with Crippen LogP contribution in [0.4, 0.5) is 5.69 Å². The Bertz CT molecular complexity index is 1360. The van der Waals surface area contributed by atoms with Crippen molar-refractivity contribution in [3.05, 3.63) is 57.9 Å². The summed E-state index contributed by atoms with van der Waals surface area (Å²) < 4.78 is 35.1. The second-order valence-corrected chi connectivity index (χ2v) is 11.8. The van der Waals surface area contributed by atoms with Crippen LogP contribution in [0.2, 0.25) is 0 Å². The summed E-state index contributed by atoms with van der Waals surface area (Å²) in [6, 6.07) is 11.4. The van der Waals surface area contributed by atoms with Crippen molar-refractivity contribution in [3.8, 4) is 11.5 Å². The number of aromatic nitrogens is 2.